The van der Waals surface area contributed by atoms with Crippen LogP contribution >= 0.6 is 0 Å². The fourth-order valence-corrected chi connectivity index (χ4v) is 0.910. The Kier molecular flexibility index (Phi) is 9.30. The number of primary amides is 1. The fraction of sp³-hybridized carbons (Fsp3) is 0.364. The summed E-state index contributed by atoms with van der Waals surface area (Å²) in [5.41, 5.74) is 10.0. The highest BCUT2D eigenvalue weighted by Crippen LogP contribution is 2.20. The minimum atomic E-state index is -0.862. The van der Waals surface area contributed by atoms with Crippen LogP contribution in [0.25, 0.3) is 0 Å². The third-order valence-corrected chi connectivity index (χ3v) is 1.48. The molecule has 96 valence electrons. The van der Waals surface area contributed by atoms with Crippen molar-refractivity contribution in [1.29, 1.82) is 0 Å². The highest BCUT2D eigenvalue weighted by Gasteiger charge is 2.17. The Morgan fingerprint density at radius 1 is 1.24 bits per heavy atom. The highest BCUT2D eigenvalue weighted by molar-refractivity contribution is 5.97. The molecule has 1 aromatic rings. The maximum atomic E-state index is 10.7. The van der Waals surface area contributed by atoms with Crippen LogP contribution in [0.15, 0.2) is 18.2 Å². The van der Waals surface area contributed by atoms with Crippen molar-refractivity contribution in [3.8, 4) is 0 Å². The van der Waals surface area contributed by atoms with Crippen LogP contribution in [0.3, 0.4) is 0 Å². The molecule has 0 aliphatic carbocycles. The van der Waals surface area contributed by atoms with Crippen LogP contribution in [0.5, 0.6) is 0 Å². The summed E-state index contributed by atoms with van der Waals surface area (Å²) in [6, 6.07) is 3.67. The average molecular weight is 241 g/mol. The number of hydrogen-bond donors (Lipinski definition) is 2. The molecule has 0 saturated carbocycles. The molecule has 6 heteroatoms. The topological polar surface area (TPSA) is 112 Å². The number of benzene rings is 1. The minimum absolute atomic E-state index is 0.176. The largest absolute Gasteiger partial charge is 0.399 e. The lowest BCUT2D eigenvalue weighted by Gasteiger charge is -1.99. The molecule has 0 bridgehead atoms. The number of amides is 1. The van der Waals surface area contributed by atoms with Gasteiger partial charge in [0, 0.05) is 11.8 Å². The van der Waals surface area contributed by atoms with Crippen LogP contribution < -0.4 is 11.5 Å². The van der Waals surface area contributed by atoms with E-state index in [9.17, 15) is 14.9 Å². The molecule has 0 spiro atoms. The molecule has 1 rings (SSSR count). The van der Waals surface area contributed by atoms with E-state index in [1.165, 1.54) is 12.1 Å². The Labute approximate surface area is 101 Å². The Morgan fingerprint density at radius 2 is 1.71 bits per heavy atom. The number of rotatable bonds is 2. The van der Waals surface area contributed by atoms with E-state index in [2.05, 4.69) is 0 Å². The maximum Gasteiger partial charge on any atom is 0.282 e. The van der Waals surface area contributed by atoms with E-state index in [4.69, 9.17) is 11.5 Å². The second kappa shape index (κ2) is 9.14. The summed E-state index contributed by atoms with van der Waals surface area (Å²) in [6.45, 7) is 8.00. The molecule has 1 amide bonds. The van der Waals surface area contributed by atoms with Gasteiger partial charge in [-0.1, -0.05) is 27.7 Å². The van der Waals surface area contributed by atoms with Gasteiger partial charge in [0.05, 0.1) is 4.92 Å². The Morgan fingerprint density at radius 3 is 2.06 bits per heavy atom. The zero-order valence-electron chi connectivity index (χ0n) is 10.6. The van der Waals surface area contributed by atoms with Crippen LogP contribution in [0.4, 0.5) is 11.4 Å². The summed E-state index contributed by atoms with van der Waals surface area (Å²) in [7, 11) is 0. The number of nitro groups is 1. The second-order valence-corrected chi connectivity index (χ2v) is 2.40. The molecule has 0 aromatic heterocycles. The number of nitrogens with two attached hydrogens (primary N) is 2. The van der Waals surface area contributed by atoms with E-state index in [1.54, 1.807) is 0 Å². The van der Waals surface area contributed by atoms with Gasteiger partial charge in [0.2, 0.25) is 0 Å². The standard InChI is InChI=1S/C7H7N3O3.2C2H6/c8-4-1-2-6(10(12)13)5(3-4)7(9)11;2*1-2/h1-3H,8H2,(H2,9,11);2*1-2H3. The summed E-state index contributed by atoms with van der Waals surface area (Å²) in [5, 5.41) is 10.4. The Bertz CT molecular complexity index is 378. The summed E-state index contributed by atoms with van der Waals surface area (Å²) >= 11 is 0. The van der Waals surface area contributed by atoms with Crippen molar-refractivity contribution in [2.75, 3.05) is 5.73 Å². The quantitative estimate of drug-likeness (QED) is 0.470. The molecule has 0 saturated heterocycles. The maximum absolute atomic E-state index is 10.7. The van der Waals surface area contributed by atoms with Gasteiger partial charge in [0.15, 0.2) is 0 Å². The zero-order valence-corrected chi connectivity index (χ0v) is 10.6. The van der Waals surface area contributed by atoms with E-state index in [1.807, 2.05) is 27.7 Å². The van der Waals surface area contributed by atoms with Gasteiger partial charge < -0.3 is 11.5 Å². The number of nitro benzene ring substituents is 1. The lowest BCUT2D eigenvalue weighted by molar-refractivity contribution is -0.385. The number of hydrogen-bond acceptors (Lipinski definition) is 4. The number of nitrogen functional groups attached to an aromatic ring is 1. The SMILES string of the molecule is CC.CC.NC(=O)c1cc(N)ccc1[N+](=O)[O-]. The van der Waals surface area contributed by atoms with Gasteiger partial charge >= 0.3 is 0 Å². The van der Waals surface area contributed by atoms with Crippen LogP contribution in [0, 0.1) is 10.1 Å². The molecule has 0 atom stereocenters. The summed E-state index contributed by atoms with van der Waals surface area (Å²) in [4.78, 5) is 20.5. The molecule has 1 aromatic carbocycles. The number of carbonyl (C=O) groups is 1. The molecule has 0 aliphatic heterocycles. The lowest BCUT2D eigenvalue weighted by Crippen LogP contribution is -2.13. The van der Waals surface area contributed by atoms with Gasteiger partial charge in [0.1, 0.15) is 5.56 Å². The van der Waals surface area contributed by atoms with Crippen molar-refractivity contribution in [2.45, 2.75) is 27.7 Å². The molecule has 0 fully saturated rings. The van der Waals surface area contributed by atoms with Crippen molar-refractivity contribution in [2.24, 2.45) is 5.73 Å². The predicted octanol–water partition coefficient (Wildman–Crippen LogP) is 2.33. The number of carbonyl (C=O) groups excluding carboxylic acids is 1. The van der Waals surface area contributed by atoms with Gasteiger partial charge in [-0.05, 0) is 12.1 Å². The first kappa shape index (κ1) is 17.3. The van der Waals surface area contributed by atoms with Crippen LogP contribution in [0.1, 0.15) is 38.1 Å². The predicted molar refractivity (Wildman–Crippen MR) is 68.7 cm³/mol. The Hall–Kier alpha value is -2.11. The van der Waals surface area contributed by atoms with Gasteiger partial charge in [-0.15, -0.1) is 0 Å². The van der Waals surface area contributed by atoms with Crippen molar-refractivity contribution in [1.82, 2.24) is 0 Å². The normalized spacial score (nSPS) is 8.00. The number of nitrogens with zero attached hydrogens (tertiary/aromatic N) is 1. The van der Waals surface area contributed by atoms with Crippen LogP contribution in [-0.4, -0.2) is 10.8 Å². The molecule has 0 aliphatic rings. The lowest BCUT2D eigenvalue weighted by atomic mass is 10.1. The van der Waals surface area contributed by atoms with Crippen LogP contribution in [-0.2, 0) is 0 Å². The molecule has 0 radical (unpaired) electrons. The van der Waals surface area contributed by atoms with E-state index in [0.717, 1.165) is 6.07 Å². The minimum Gasteiger partial charge on any atom is -0.399 e. The third kappa shape index (κ3) is 5.50. The first-order chi connectivity index (χ1) is 8.02. The monoisotopic (exact) mass is 241 g/mol. The number of anilines is 1. The van der Waals surface area contributed by atoms with Gasteiger partial charge in [0.25, 0.3) is 11.6 Å². The van der Waals surface area contributed by atoms with Crippen molar-refractivity contribution >= 4 is 17.3 Å². The van der Waals surface area contributed by atoms with E-state index in [0.29, 0.717) is 0 Å². The van der Waals surface area contributed by atoms with E-state index in [-0.39, 0.29) is 16.9 Å². The van der Waals surface area contributed by atoms with Crippen molar-refractivity contribution in [3.63, 3.8) is 0 Å². The van der Waals surface area contributed by atoms with Crippen molar-refractivity contribution in [3.05, 3.63) is 33.9 Å². The van der Waals surface area contributed by atoms with Gasteiger partial charge in [-0.3, -0.25) is 14.9 Å². The highest BCUT2D eigenvalue weighted by atomic mass is 16.6. The van der Waals surface area contributed by atoms with E-state index >= 15 is 0 Å². The Balaban J connectivity index is 0. The zero-order chi connectivity index (χ0) is 14.0. The molecule has 0 unspecified atom stereocenters. The second-order valence-electron chi connectivity index (χ2n) is 2.40. The van der Waals surface area contributed by atoms with Gasteiger partial charge in [-0.2, -0.15) is 0 Å². The molecule has 0 heterocycles. The average Bonchev–Trinajstić information content (AvgIpc) is 2.33. The molecule has 4 N–H and O–H groups in total. The summed E-state index contributed by atoms with van der Waals surface area (Å²) in [5.74, 6) is -0.862. The third-order valence-electron chi connectivity index (χ3n) is 1.48. The van der Waals surface area contributed by atoms with E-state index < -0.39 is 10.8 Å². The smallest absolute Gasteiger partial charge is 0.282 e. The van der Waals surface area contributed by atoms with Crippen LogP contribution in [0.2, 0.25) is 0 Å². The van der Waals surface area contributed by atoms with Crippen molar-refractivity contribution < 1.29 is 9.72 Å². The first-order valence-electron chi connectivity index (χ1n) is 5.36. The van der Waals surface area contributed by atoms with Gasteiger partial charge in [-0.25, -0.2) is 0 Å². The fourth-order valence-electron chi connectivity index (χ4n) is 0.910. The first-order valence-corrected chi connectivity index (χ1v) is 5.36. The molecular formula is C11H19N3O3. The summed E-state index contributed by atoms with van der Waals surface area (Å²) in [6.07, 6.45) is 0. The summed E-state index contributed by atoms with van der Waals surface area (Å²) < 4.78 is 0. The molecule has 6 nitrogen and oxygen atoms in total. The molecular weight excluding hydrogens is 222 g/mol. The molecule has 17 heavy (non-hydrogen) atoms.